The number of aromatic nitrogens is 3. The highest BCUT2D eigenvalue weighted by Gasteiger charge is 2.24. The van der Waals surface area contributed by atoms with Crippen molar-refractivity contribution in [1.29, 1.82) is 0 Å². The maximum absolute atomic E-state index is 13.4. The Morgan fingerprint density at radius 3 is 2.52 bits per heavy atom. The number of halogens is 2. The maximum atomic E-state index is 13.4. The summed E-state index contributed by atoms with van der Waals surface area (Å²) in [5.74, 6) is 0.815. The zero-order valence-electron chi connectivity index (χ0n) is 17.9. The van der Waals surface area contributed by atoms with Crippen molar-refractivity contribution < 1.29 is 9.59 Å². The summed E-state index contributed by atoms with van der Waals surface area (Å²) in [5.41, 5.74) is 1.55. The van der Waals surface area contributed by atoms with Gasteiger partial charge < -0.3 is 5.32 Å². The molecule has 0 unspecified atom stereocenters. The van der Waals surface area contributed by atoms with Crippen molar-refractivity contribution >= 4 is 57.2 Å². The Labute approximate surface area is 214 Å². The van der Waals surface area contributed by atoms with Crippen LogP contribution in [0.3, 0.4) is 0 Å². The first-order valence-electron chi connectivity index (χ1n) is 10.3. The van der Waals surface area contributed by atoms with Crippen LogP contribution in [0.5, 0.6) is 0 Å². The summed E-state index contributed by atoms with van der Waals surface area (Å²) in [6, 6.07) is 16.2. The molecule has 4 aromatic rings. The highest BCUT2D eigenvalue weighted by Crippen LogP contribution is 2.32. The van der Waals surface area contributed by atoms with Gasteiger partial charge in [0.2, 0.25) is 0 Å². The van der Waals surface area contributed by atoms with Gasteiger partial charge in [0, 0.05) is 19.6 Å². The Morgan fingerprint density at radius 2 is 1.82 bits per heavy atom. The maximum Gasteiger partial charge on any atom is 0.251 e. The predicted molar refractivity (Wildman–Crippen MR) is 139 cm³/mol. The number of hydrogen-bond donors (Lipinski definition) is 1. The number of rotatable bonds is 7. The molecule has 6 nitrogen and oxygen atoms in total. The summed E-state index contributed by atoms with van der Waals surface area (Å²) >= 11 is 10.0. The normalized spacial score (nSPS) is 10.9. The second kappa shape index (κ2) is 10.1. The number of amides is 1. The van der Waals surface area contributed by atoms with Crippen LogP contribution >= 0.6 is 45.5 Å². The molecule has 0 saturated heterocycles. The quantitative estimate of drug-likeness (QED) is 0.224. The van der Waals surface area contributed by atoms with Crippen LogP contribution in [-0.4, -0.2) is 26.5 Å². The number of ketones is 1. The fraction of sp³-hybridized carbons (Fsp3) is 0.167. The minimum atomic E-state index is -0.202. The van der Waals surface area contributed by atoms with Gasteiger partial charge in [0.25, 0.3) is 5.91 Å². The molecule has 2 heterocycles. The Bertz CT molecular complexity index is 1330. The van der Waals surface area contributed by atoms with Gasteiger partial charge in [-0.1, -0.05) is 30.7 Å². The highest BCUT2D eigenvalue weighted by molar-refractivity contribution is 14.1. The lowest BCUT2D eigenvalue weighted by Gasteiger charge is -2.11. The fourth-order valence-electron chi connectivity index (χ4n) is 3.37. The third kappa shape index (κ3) is 5.02. The van der Waals surface area contributed by atoms with Crippen LogP contribution in [0.15, 0.2) is 54.6 Å². The van der Waals surface area contributed by atoms with Crippen molar-refractivity contribution in [3.05, 3.63) is 96.4 Å². The molecule has 0 aliphatic rings. The van der Waals surface area contributed by atoms with Crippen LogP contribution in [0.1, 0.15) is 49.7 Å². The molecule has 9 heteroatoms. The minimum absolute atomic E-state index is 0.159. The van der Waals surface area contributed by atoms with E-state index in [1.807, 2.05) is 36.6 Å². The minimum Gasteiger partial charge on any atom is -0.345 e. The molecule has 0 aliphatic heterocycles. The van der Waals surface area contributed by atoms with E-state index >= 15 is 0 Å². The summed E-state index contributed by atoms with van der Waals surface area (Å²) in [6.07, 6.45) is 0.785. The molecule has 1 N–H and O–H groups in total. The molecule has 0 aliphatic carbocycles. The SMILES string of the molecule is CCc1cc(C(=O)c2ccccc2Cl)c(-n2c(C)nnc2CNC(=O)c2ccc(I)cc2)s1. The molecule has 0 radical (unpaired) electrons. The van der Waals surface area contributed by atoms with Crippen LogP contribution in [0.2, 0.25) is 5.02 Å². The van der Waals surface area contributed by atoms with E-state index in [4.69, 9.17) is 11.6 Å². The molecular formula is C24H20ClIN4O2S. The van der Waals surface area contributed by atoms with Gasteiger partial charge in [-0.25, -0.2) is 0 Å². The lowest BCUT2D eigenvalue weighted by molar-refractivity contribution is 0.0948. The number of benzene rings is 2. The van der Waals surface area contributed by atoms with Crippen LogP contribution in [0.25, 0.3) is 5.00 Å². The number of hydrogen-bond acceptors (Lipinski definition) is 5. The van der Waals surface area contributed by atoms with Crippen molar-refractivity contribution in [2.24, 2.45) is 0 Å². The summed E-state index contributed by atoms with van der Waals surface area (Å²) in [4.78, 5) is 27.1. The zero-order valence-corrected chi connectivity index (χ0v) is 21.7. The van der Waals surface area contributed by atoms with Gasteiger partial charge in [0.05, 0.1) is 17.1 Å². The Balaban J connectivity index is 1.67. The second-order valence-electron chi connectivity index (χ2n) is 7.28. The summed E-state index contributed by atoms with van der Waals surface area (Å²) in [6.45, 7) is 4.04. The molecule has 2 aromatic heterocycles. The van der Waals surface area contributed by atoms with E-state index in [-0.39, 0.29) is 18.2 Å². The molecule has 168 valence electrons. The van der Waals surface area contributed by atoms with Gasteiger partial charge >= 0.3 is 0 Å². The average molecular weight is 591 g/mol. The smallest absolute Gasteiger partial charge is 0.251 e. The van der Waals surface area contributed by atoms with E-state index in [0.29, 0.717) is 33.4 Å². The van der Waals surface area contributed by atoms with Gasteiger partial charge in [-0.2, -0.15) is 0 Å². The molecule has 2 aromatic carbocycles. The number of carbonyl (C=O) groups excluding carboxylic acids is 2. The van der Waals surface area contributed by atoms with Crippen LogP contribution in [-0.2, 0) is 13.0 Å². The van der Waals surface area contributed by atoms with Crippen LogP contribution in [0, 0.1) is 10.5 Å². The van der Waals surface area contributed by atoms with E-state index in [0.717, 1.165) is 19.9 Å². The highest BCUT2D eigenvalue weighted by atomic mass is 127. The van der Waals surface area contributed by atoms with E-state index in [1.165, 1.54) is 11.3 Å². The second-order valence-corrected chi connectivity index (χ2v) is 10.1. The van der Waals surface area contributed by atoms with E-state index in [1.54, 1.807) is 36.4 Å². The lowest BCUT2D eigenvalue weighted by Crippen LogP contribution is -2.24. The Kier molecular flexibility index (Phi) is 7.26. The van der Waals surface area contributed by atoms with Crippen molar-refractivity contribution in [1.82, 2.24) is 20.1 Å². The first-order chi connectivity index (χ1) is 15.9. The standard InChI is InChI=1S/C24H20ClIN4O2S/c1-3-17-12-19(22(31)18-6-4-5-7-20(18)25)24(33-17)30-14(2)28-29-21(30)13-27-23(32)15-8-10-16(26)11-9-15/h4-12H,3,13H2,1-2H3,(H,27,32). The van der Waals surface area contributed by atoms with Gasteiger partial charge in [-0.05, 0) is 78.4 Å². The molecule has 0 saturated carbocycles. The molecule has 0 bridgehead atoms. The number of nitrogens with zero attached hydrogens (tertiary/aromatic N) is 3. The number of carbonyl (C=O) groups is 2. The van der Waals surface area contributed by atoms with Crippen LogP contribution < -0.4 is 5.32 Å². The van der Waals surface area contributed by atoms with Gasteiger partial charge in [0.15, 0.2) is 11.6 Å². The molecule has 1 amide bonds. The third-order valence-corrected chi connectivity index (χ3v) is 7.40. The predicted octanol–water partition coefficient (Wildman–Crippen LogP) is 5.62. The molecule has 0 atom stereocenters. The van der Waals surface area contributed by atoms with Gasteiger partial charge in [-0.3, -0.25) is 14.2 Å². The van der Waals surface area contributed by atoms with Gasteiger partial charge in [-0.15, -0.1) is 21.5 Å². The fourth-order valence-corrected chi connectivity index (χ4v) is 5.11. The van der Waals surface area contributed by atoms with E-state index in [9.17, 15) is 9.59 Å². The monoisotopic (exact) mass is 590 g/mol. The Hall–Kier alpha value is -2.56. The number of aryl methyl sites for hydroxylation is 2. The summed E-state index contributed by atoms with van der Waals surface area (Å²) in [7, 11) is 0. The summed E-state index contributed by atoms with van der Waals surface area (Å²) in [5, 5.41) is 12.5. The lowest BCUT2D eigenvalue weighted by atomic mass is 10.0. The topological polar surface area (TPSA) is 76.9 Å². The van der Waals surface area contributed by atoms with Crippen molar-refractivity contribution in [2.45, 2.75) is 26.8 Å². The van der Waals surface area contributed by atoms with Crippen molar-refractivity contribution in [2.75, 3.05) is 0 Å². The average Bonchev–Trinajstić information content (AvgIpc) is 3.40. The van der Waals surface area contributed by atoms with Crippen molar-refractivity contribution in [3.8, 4) is 5.00 Å². The summed E-state index contributed by atoms with van der Waals surface area (Å²) < 4.78 is 2.89. The third-order valence-electron chi connectivity index (χ3n) is 5.08. The largest absolute Gasteiger partial charge is 0.345 e. The number of thiophene rings is 1. The first kappa shape index (κ1) is 23.6. The molecule has 0 fully saturated rings. The van der Waals surface area contributed by atoms with Gasteiger partial charge in [0.1, 0.15) is 10.8 Å². The van der Waals surface area contributed by atoms with Crippen LogP contribution in [0.4, 0.5) is 0 Å². The number of nitrogens with one attached hydrogen (secondary N) is 1. The van der Waals surface area contributed by atoms with E-state index in [2.05, 4.69) is 38.1 Å². The molecular weight excluding hydrogens is 571 g/mol. The zero-order chi connectivity index (χ0) is 23.5. The Morgan fingerprint density at radius 1 is 1.09 bits per heavy atom. The molecule has 0 spiro atoms. The first-order valence-corrected chi connectivity index (χ1v) is 12.5. The molecule has 33 heavy (non-hydrogen) atoms. The van der Waals surface area contributed by atoms with Crippen molar-refractivity contribution in [3.63, 3.8) is 0 Å². The van der Waals surface area contributed by atoms with E-state index < -0.39 is 0 Å². The molecule has 4 rings (SSSR count).